The van der Waals surface area contributed by atoms with Crippen LogP contribution in [0, 0.1) is 11.8 Å². The molecule has 0 aliphatic rings. The van der Waals surface area contributed by atoms with E-state index in [9.17, 15) is 0 Å². The third-order valence-electron chi connectivity index (χ3n) is 1.00. The van der Waals surface area contributed by atoms with Crippen LogP contribution < -0.4 is 5.73 Å². The second kappa shape index (κ2) is 3.76. The van der Waals surface area contributed by atoms with Crippen molar-refractivity contribution in [1.82, 2.24) is 0 Å². The molecule has 2 N–H and O–H groups in total. The van der Waals surface area contributed by atoms with Gasteiger partial charge in [0.1, 0.15) is 0 Å². The monoisotopic (exact) mass is 135 g/mol. The quantitative estimate of drug-likeness (QED) is 0.583. The van der Waals surface area contributed by atoms with E-state index in [1.165, 1.54) is 0 Å². The van der Waals surface area contributed by atoms with Crippen LogP contribution in [-0.2, 0) is 0 Å². The molecule has 0 bridgehead atoms. The lowest BCUT2D eigenvalue weighted by molar-refractivity contribution is 0.554. The zero-order valence-corrected chi connectivity index (χ0v) is 5.63. The summed E-state index contributed by atoms with van der Waals surface area (Å²) in [4.78, 5) is 0. The van der Waals surface area contributed by atoms with Gasteiger partial charge in [0.2, 0.25) is 0 Å². The van der Waals surface area contributed by atoms with Crippen LogP contribution in [0.25, 0.3) is 0 Å². The second-order valence-electron chi connectivity index (χ2n) is 1.82. The molecule has 2 heteroatoms. The molecule has 0 amide bonds. The van der Waals surface area contributed by atoms with Gasteiger partial charge in [0, 0.05) is 13.0 Å². The number of rotatable bonds is 1. The van der Waals surface area contributed by atoms with E-state index in [0.29, 0.717) is 12.3 Å². The van der Waals surface area contributed by atoms with Crippen LogP contribution in [0.1, 0.15) is 12.2 Å². The van der Waals surface area contributed by atoms with Gasteiger partial charge in [-0.3, -0.25) is 0 Å². The van der Waals surface area contributed by atoms with Gasteiger partial charge in [0.25, 0.3) is 0 Å². The molecular weight excluding hydrogens is 126 g/mol. The van der Waals surface area contributed by atoms with Crippen LogP contribution in [0.3, 0.4) is 0 Å². The summed E-state index contributed by atoms with van der Waals surface area (Å²) < 4.78 is 4.97. The fraction of sp³-hybridized carbons (Fsp3) is 0.250. The van der Waals surface area contributed by atoms with E-state index in [0.717, 1.165) is 6.42 Å². The fourth-order valence-corrected chi connectivity index (χ4v) is 0.571. The Morgan fingerprint density at radius 1 is 1.60 bits per heavy atom. The molecule has 0 atom stereocenters. The van der Waals surface area contributed by atoms with E-state index in [4.69, 9.17) is 10.2 Å². The van der Waals surface area contributed by atoms with Crippen LogP contribution in [0.2, 0.25) is 0 Å². The number of hydrogen-bond donors (Lipinski definition) is 1. The van der Waals surface area contributed by atoms with Crippen molar-refractivity contribution in [3.63, 3.8) is 0 Å². The highest BCUT2D eigenvalue weighted by Gasteiger charge is 1.83. The highest BCUT2D eigenvalue weighted by Crippen LogP contribution is 1.95. The van der Waals surface area contributed by atoms with Gasteiger partial charge in [-0.05, 0) is 18.1 Å². The first-order chi connectivity index (χ1) is 4.93. The SMILES string of the molecule is NCCC#Cc1ccco1. The predicted octanol–water partition coefficient (Wildman–Crippen LogP) is 0.980. The lowest BCUT2D eigenvalue weighted by atomic mass is 10.4. The largest absolute Gasteiger partial charge is 0.456 e. The summed E-state index contributed by atoms with van der Waals surface area (Å²) in [5.74, 6) is 6.40. The molecule has 0 saturated carbocycles. The predicted molar refractivity (Wildman–Crippen MR) is 39.3 cm³/mol. The molecule has 2 nitrogen and oxygen atoms in total. The van der Waals surface area contributed by atoms with E-state index in [1.807, 2.05) is 12.1 Å². The van der Waals surface area contributed by atoms with Gasteiger partial charge in [-0.2, -0.15) is 0 Å². The van der Waals surface area contributed by atoms with Crippen LogP contribution in [0.5, 0.6) is 0 Å². The van der Waals surface area contributed by atoms with Crippen molar-refractivity contribution in [2.75, 3.05) is 6.54 Å². The lowest BCUT2D eigenvalue weighted by Crippen LogP contribution is -1.95. The standard InChI is InChI=1S/C8H9NO/c9-6-2-1-4-8-5-3-7-10-8/h3,5,7H,2,6,9H2. The molecule has 0 fully saturated rings. The smallest absolute Gasteiger partial charge is 0.176 e. The zero-order chi connectivity index (χ0) is 7.23. The maximum atomic E-state index is 5.23. The van der Waals surface area contributed by atoms with Crippen molar-refractivity contribution in [2.24, 2.45) is 5.73 Å². The molecule has 0 unspecified atom stereocenters. The van der Waals surface area contributed by atoms with E-state index in [1.54, 1.807) is 6.26 Å². The Morgan fingerprint density at radius 3 is 3.10 bits per heavy atom. The van der Waals surface area contributed by atoms with Crippen molar-refractivity contribution in [3.8, 4) is 11.8 Å². The van der Waals surface area contributed by atoms with Gasteiger partial charge in [-0.15, -0.1) is 0 Å². The average Bonchev–Trinajstić information content (AvgIpc) is 2.41. The maximum absolute atomic E-state index is 5.23. The molecular formula is C8H9NO. The zero-order valence-electron chi connectivity index (χ0n) is 5.63. The third kappa shape index (κ3) is 1.96. The van der Waals surface area contributed by atoms with Crippen LogP contribution in [0.15, 0.2) is 22.8 Å². The molecule has 0 saturated heterocycles. The summed E-state index contributed by atoms with van der Waals surface area (Å²) in [6.45, 7) is 0.605. The summed E-state index contributed by atoms with van der Waals surface area (Å²) in [6, 6.07) is 3.63. The summed E-state index contributed by atoms with van der Waals surface area (Å²) in [6.07, 6.45) is 2.33. The Kier molecular flexibility index (Phi) is 2.60. The Labute approximate surface area is 60.0 Å². The van der Waals surface area contributed by atoms with Crippen molar-refractivity contribution >= 4 is 0 Å². The topological polar surface area (TPSA) is 39.2 Å². The molecule has 1 aromatic heterocycles. The summed E-state index contributed by atoms with van der Waals surface area (Å²) in [7, 11) is 0. The number of nitrogens with two attached hydrogens (primary N) is 1. The van der Waals surface area contributed by atoms with E-state index < -0.39 is 0 Å². The summed E-state index contributed by atoms with van der Waals surface area (Å²) >= 11 is 0. The molecule has 1 rings (SSSR count). The highest BCUT2D eigenvalue weighted by molar-refractivity contribution is 5.23. The number of hydrogen-bond acceptors (Lipinski definition) is 2. The molecule has 0 spiro atoms. The molecule has 0 aliphatic carbocycles. The minimum absolute atomic E-state index is 0.605. The van der Waals surface area contributed by atoms with Crippen molar-refractivity contribution in [1.29, 1.82) is 0 Å². The van der Waals surface area contributed by atoms with Crippen molar-refractivity contribution in [3.05, 3.63) is 24.2 Å². The van der Waals surface area contributed by atoms with E-state index in [2.05, 4.69) is 11.8 Å². The first kappa shape index (κ1) is 6.91. The summed E-state index contributed by atoms with van der Waals surface area (Å²) in [5, 5.41) is 0. The fourth-order valence-electron chi connectivity index (χ4n) is 0.571. The molecule has 0 aromatic carbocycles. The maximum Gasteiger partial charge on any atom is 0.176 e. The van der Waals surface area contributed by atoms with Crippen molar-refractivity contribution < 1.29 is 4.42 Å². The van der Waals surface area contributed by atoms with E-state index >= 15 is 0 Å². The average molecular weight is 135 g/mol. The number of furan rings is 1. The summed E-state index contributed by atoms with van der Waals surface area (Å²) in [5.41, 5.74) is 5.23. The lowest BCUT2D eigenvalue weighted by Gasteiger charge is -1.78. The van der Waals surface area contributed by atoms with Gasteiger partial charge < -0.3 is 10.2 Å². The Bertz CT molecular complexity index is 228. The molecule has 1 aromatic rings. The minimum Gasteiger partial charge on any atom is -0.456 e. The minimum atomic E-state index is 0.605. The van der Waals surface area contributed by atoms with Gasteiger partial charge in [-0.1, -0.05) is 5.92 Å². The van der Waals surface area contributed by atoms with Crippen LogP contribution in [-0.4, -0.2) is 6.54 Å². The first-order valence-electron chi connectivity index (χ1n) is 3.16. The van der Waals surface area contributed by atoms with Crippen LogP contribution >= 0.6 is 0 Å². The van der Waals surface area contributed by atoms with E-state index in [-0.39, 0.29) is 0 Å². The molecule has 1 heterocycles. The van der Waals surface area contributed by atoms with Crippen LogP contribution in [0.4, 0.5) is 0 Å². The molecule has 52 valence electrons. The molecule has 0 aliphatic heterocycles. The Hall–Kier alpha value is -1.20. The van der Waals surface area contributed by atoms with Gasteiger partial charge in [-0.25, -0.2) is 0 Å². The van der Waals surface area contributed by atoms with Crippen molar-refractivity contribution in [2.45, 2.75) is 6.42 Å². The Balaban J connectivity index is 2.49. The highest BCUT2D eigenvalue weighted by atomic mass is 16.3. The van der Waals surface area contributed by atoms with Gasteiger partial charge in [0.05, 0.1) is 6.26 Å². The Morgan fingerprint density at radius 2 is 2.50 bits per heavy atom. The normalized spacial score (nSPS) is 8.50. The molecule has 0 radical (unpaired) electrons. The van der Waals surface area contributed by atoms with Gasteiger partial charge in [0.15, 0.2) is 5.76 Å². The first-order valence-corrected chi connectivity index (χ1v) is 3.16. The third-order valence-corrected chi connectivity index (χ3v) is 1.00. The second-order valence-corrected chi connectivity index (χ2v) is 1.82. The van der Waals surface area contributed by atoms with Gasteiger partial charge >= 0.3 is 0 Å². The molecule has 10 heavy (non-hydrogen) atoms.